The highest BCUT2D eigenvalue weighted by Gasteiger charge is 2.29. The zero-order chi connectivity index (χ0) is 12.8. The number of rotatable bonds is 8. The molecule has 1 fully saturated rings. The van der Waals surface area contributed by atoms with Gasteiger partial charge >= 0.3 is 0 Å². The van der Waals surface area contributed by atoms with Crippen LogP contribution >= 0.6 is 0 Å². The van der Waals surface area contributed by atoms with Gasteiger partial charge in [-0.2, -0.15) is 0 Å². The first kappa shape index (κ1) is 14.5. The SMILES string of the molecule is CCC(CN)CC(=O)NCC(C)N(C)C1CC1. The van der Waals surface area contributed by atoms with Crippen molar-refractivity contribution in [3.8, 4) is 0 Å². The molecular weight excluding hydrogens is 214 g/mol. The summed E-state index contributed by atoms with van der Waals surface area (Å²) in [5.74, 6) is 0.463. The van der Waals surface area contributed by atoms with Crippen LogP contribution in [0.5, 0.6) is 0 Å². The summed E-state index contributed by atoms with van der Waals surface area (Å²) in [4.78, 5) is 14.1. The fourth-order valence-electron chi connectivity index (χ4n) is 1.98. The highest BCUT2D eigenvalue weighted by atomic mass is 16.1. The van der Waals surface area contributed by atoms with Gasteiger partial charge in [-0.1, -0.05) is 13.3 Å². The maximum atomic E-state index is 11.7. The van der Waals surface area contributed by atoms with Gasteiger partial charge in [0.1, 0.15) is 0 Å². The minimum Gasteiger partial charge on any atom is -0.355 e. The molecule has 1 saturated carbocycles. The summed E-state index contributed by atoms with van der Waals surface area (Å²) >= 11 is 0. The van der Waals surface area contributed by atoms with Gasteiger partial charge in [-0.05, 0) is 39.3 Å². The van der Waals surface area contributed by atoms with Gasteiger partial charge in [0, 0.05) is 25.0 Å². The fourth-order valence-corrected chi connectivity index (χ4v) is 1.98. The van der Waals surface area contributed by atoms with E-state index in [4.69, 9.17) is 5.73 Å². The number of hydrogen-bond acceptors (Lipinski definition) is 3. The molecule has 1 amide bonds. The smallest absolute Gasteiger partial charge is 0.220 e. The first-order valence-electron chi connectivity index (χ1n) is 6.77. The second-order valence-corrected chi connectivity index (χ2v) is 5.26. The molecule has 100 valence electrons. The number of carbonyl (C=O) groups excluding carboxylic acids is 1. The number of hydrogen-bond donors (Lipinski definition) is 2. The number of likely N-dealkylation sites (N-methyl/N-ethyl adjacent to an activating group) is 1. The molecule has 4 heteroatoms. The van der Waals surface area contributed by atoms with Crippen molar-refractivity contribution >= 4 is 5.91 Å². The van der Waals surface area contributed by atoms with Crippen LogP contribution in [0.4, 0.5) is 0 Å². The molecule has 0 aliphatic heterocycles. The van der Waals surface area contributed by atoms with Gasteiger partial charge in [0.05, 0.1) is 0 Å². The molecule has 4 nitrogen and oxygen atoms in total. The molecule has 0 aromatic heterocycles. The van der Waals surface area contributed by atoms with E-state index < -0.39 is 0 Å². The molecule has 0 saturated heterocycles. The van der Waals surface area contributed by atoms with Crippen LogP contribution in [0, 0.1) is 5.92 Å². The lowest BCUT2D eigenvalue weighted by atomic mass is 10.0. The molecule has 0 aromatic rings. The van der Waals surface area contributed by atoms with Crippen molar-refractivity contribution in [2.24, 2.45) is 11.7 Å². The Balaban J connectivity index is 2.17. The molecule has 0 aromatic carbocycles. The van der Waals surface area contributed by atoms with Crippen LogP contribution < -0.4 is 11.1 Å². The maximum Gasteiger partial charge on any atom is 0.220 e. The molecule has 0 bridgehead atoms. The van der Waals surface area contributed by atoms with E-state index in [-0.39, 0.29) is 5.91 Å². The second-order valence-electron chi connectivity index (χ2n) is 5.26. The second kappa shape index (κ2) is 6.97. The number of nitrogens with two attached hydrogens (primary N) is 1. The van der Waals surface area contributed by atoms with Gasteiger partial charge in [0.25, 0.3) is 0 Å². The monoisotopic (exact) mass is 241 g/mol. The third-order valence-electron chi connectivity index (χ3n) is 3.80. The van der Waals surface area contributed by atoms with Crippen molar-refractivity contribution in [2.75, 3.05) is 20.1 Å². The minimum atomic E-state index is 0.137. The predicted octanol–water partition coefficient (Wildman–Crippen LogP) is 0.960. The van der Waals surface area contributed by atoms with Crippen LogP contribution in [0.2, 0.25) is 0 Å². The summed E-state index contributed by atoms with van der Waals surface area (Å²) in [5.41, 5.74) is 5.60. The van der Waals surface area contributed by atoms with Crippen LogP contribution in [-0.2, 0) is 4.79 Å². The summed E-state index contributed by atoms with van der Waals surface area (Å²) in [6.07, 6.45) is 4.15. The Kier molecular flexibility index (Phi) is 5.92. The van der Waals surface area contributed by atoms with Crippen molar-refractivity contribution in [3.05, 3.63) is 0 Å². The summed E-state index contributed by atoms with van der Waals surface area (Å²) in [7, 11) is 2.14. The minimum absolute atomic E-state index is 0.137. The van der Waals surface area contributed by atoms with Gasteiger partial charge in [-0.15, -0.1) is 0 Å². The molecule has 0 spiro atoms. The van der Waals surface area contributed by atoms with E-state index in [9.17, 15) is 4.79 Å². The molecule has 2 atom stereocenters. The van der Waals surface area contributed by atoms with E-state index in [0.717, 1.165) is 19.0 Å². The van der Waals surface area contributed by atoms with E-state index in [1.807, 2.05) is 0 Å². The largest absolute Gasteiger partial charge is 0.355 e. The van der Waals surface area contributed by atoms with E-state index >= 15 is 0 Å². The predicted molar refractivity (Wildman–Crippen MR) is 70.7 cm³/mol. The number of nitrogens with one attached hydrogen (secondary N) is 1. The van der Waals surface area contributed by atoms with Gasteiger partial charge in [-0.3, -0.25) is 9.69 Å². The van der Waals surface area contributed by atoms with E-state index in [1.165, 1.54) is 12.8 Å². The Morgan fingerprint density at radius 1 is 1.53 bits per heavy atom. The van der Waals surface area contributed by atoms with Crippen LogP contribution in [0.3, 0.4) is 0 Å². The standard InChI is InChI=1S/C13H27N3O/c1-4-11(8-14)7-13(17)15-9-10(2)16(3)12-5-6-12/h10-12H,4-9,14H2,1-3H3,(H,15,17). The van der Waals surface area contributed by atoms with Crippen molar-refractivity contribution in [1.82, 2.24) is 10.2 Å². The zero-order valence-electron chi connectivity index (χ0n) is 11.4. The number of nitrogens with zero attached hydrogens (tertiary/aromatic N) is 1. The highest BCUT2D eigenvalue weighted by molar-refractivity contribution is 5.76. The third kappa shape index (κ3) is 5.04. The quantitative estimate of drug-likeness (QED) is 0.665. The maximum absolute atomic E-state index is 11.7. The van der Waals surface area contributed by atoms with Crippen LogP contribution in [0.25, 0.3) is 0 Å². The van der Waals surface area contributed by atoms with Crippen LogP contribution in [0.15, 0.2) is 0 Å². The van der Waals surface area contributed by atoms with E-state index in [2.05, 4.69) is 31.1 Å². The van der Waals surface area contributed by atoms with E-state index in [1.54, 1.807) is 0 Å². The zero-order valence-corrected chi connectivity index (χ0v) is 11.4. The lowest BCUT2D eigenvalue weighted by Gasteiger charge is -2.25. The van der Waals surface area contributed by atoms with Gasteiger partial charge in [0.15, 0.2) is 0 Å². The molecular formula is C13H27N3O. The summed E-state index contributed by atoms with van der Waals surface area (Å²) in [6.45, 7) is 5.58. The highest BCUT2D eigenvalue weighted by Crippen LogP contribution is 2.26. The van der Waals surface area contributed by atoms with Crippen LogP contribution in [-0.4, -0.2) is 43.0 Å². The van der Waals surface area contributed by atoms with Crippen molar-refractivity contribution < 1.29 is 4.79 Å². The van der Waals surface area contributed by atoms with E-state index in [0.29, 0.717) is 24.9 Å². The molecule has 1 aliphatic rings. The lowest BCUT2D eigenvalue weighted by molar-refractivity contribution is -0.122. The Hall–Kier alpha value is -0.610. The Bertz CT molecular complexity index is 237. The van der Waals surface area contributed by atoms with Crippen LogP contribution in [0.1, 0.15) is 39.5 Å². The van der Waals surface area contributed by atoms with Gasteiger partial charge < -0.3 is 11.1 Å². The molecule has 1 rings (SSSR count). The average molecular weight is 241 g/mol. The molecule has 2 unspecified atom stereocenters. The van der Waals surface area contributed by atoms with Crippen molar-refractivity contribution in [1.29, 1.82) is 0 Å². The summed E-state index contributed by atoms with van der Waals surface area (Å²) in [5, 5.41) is 3.01. The van der Waals surface area contributed by atoms with Gasteiger partial charge in [-0.25, -0.2) is 0 Å². The third-order valence-corrected chi connectivity index (χ3v) is 3.80. The normalized spacial score (nSPS) is 19.1. The topological polar surface area (TPSA) is 58.4 Å². The molecule has 3 N–H and O–H groups in total. The summed E-state index contributed by atoms with van der Waals surface area (Å²) < 4.78 is 0. The first-order valence-corrected chi connectivity index (χ1v) is 6.77. The Morgan fingerprint density at radius 2 is 2.18 bits per heavy atom. The molecule has 0 heterocycles. The fraction of sp³-hybridized carbons (Fsp3) is 0.923. The Labute approximate surface area is 105 Å². The van der Waals surface area contributed by atoms with Crippen molar-refractivity contribution in [3.63, 3.8) is 0 Å². The number of amides is 1. The first-order chi connectivity index (χ1) is 8.08. The molecule has 17 heavy (non-hydrogen) atoms. The lowest BCUT2D eigenvalue weighted by Crippen LogP contribution is -2.41. The average Bonchev–Trinajstić information content (AvgIpc) is 3.16. The molecule has 0 radical (unpaired) electrons. The van der Waals surface area contributed by atoms with Crippen molar-refractivity contribution in [2.45, 2.75) is 51.6 Å². The molecule has 1 aliphatic carbocycles. The summed E-state index contributed by atoms with van der Waals surface area (Å²) in [6, 6.07) is 1.17. The number of carbonyl (C=O) groups is 1. The van der Waals surface area contributed by atoms with Gasteiger partial charge in [0.2, 0.25) is 5.91 Å². The Morgan fingerprint density at radius 3 is 2.65 bits per heavy atom.